The van der Waals surface area contributed by atoms with Crippen molar-refractivity contribution >= 4 is 23.3 Å². The first-order chi connectivity index (χ1) is 9.17. The number of anilines is 1. The minimum atomic E-state index is -0.249. The van der Waals surface area contributed by atoms with Gasteiger partial charge in [0, 0.05) is 6.54 Å². The van der Waals surface area contributed by atoms with E-state index in [0.29, 0.717) is 17.6 Å². The summed E-state index contributed by atoms with van der Waals surface area (Å²) in [5.41, 5.74) is 0.951. The standard InChI is InChI=1S/C12H14FN5S/c1-2-14-12(19)16-11-15-8-18(17-11)7-9-3-5-10(13)6-4-9/h3-6,8H,2,7H2,1H3,(H2,14,16,17,19). The number of hydrogen-bond donors (Lipinski definition) is 2. The highest BCUT2D eigenvalue weighted by Gasteiger charge is 2.03. The van der Waals surface area contributed by atoms with E-state index in [1.807, 2.05) is 6.92 Å². The fourth-order valence-corrected chi connectivity index (χ4v) is 1.75. The van der Waals surface area contributed by atoms with E-state index in [1.165, 1.54) is 12.1 Å². The summed E-state index contributed by atoms with van der Waals surface area (Å²) >= 11 is 5.04. The summed E-state index contributed by atoms with van der Waals surface area (Å²) in [5.74, 6) is 0.189. The molecule has 0 saturated heterocycles. The number of aromatic nitrogens is 3. The number of nitrogens with one attached hydrogen (secondary N) is 2. The van der Waals surface area contributed by atoms with Gasteiger partial charge in [0.15, 0.2) is 5.11 Å². The number of benzene rings is 1. The first-order valence-electron chi connectivity index (χ1n) is 5.86. The first kappa shape index (κ1) is 13.4. The molecule has 7 heteroatoms. The molecule has 19 heavy (non-hydrogen) atoms. The molecule has 0 atom stereocenters. The second-order valence-corrected chi connectivity index (χ2v) is 4.28. The van der Waals surface area contributed by atoms with Gasteiger partial charge in [0.1, 0.15) is 12.1 Å². The SMILES string of the molecule is CCNC(=S)Nc1ncn(Cc2ccc(F)cc2)n1. The molecule has 0 spiro atoms. The smallest absolute Gasteiger partial charge is 0.248 e. The Bertz CT molecular complexity index is 552. The molecule has 0 saturated carbocycles. The lowest BCUT2D eigenvalue weighted by Gasteiger charge is -2.04. The topological polar surface area (TPSA) is 54.8 Å². The van der Waals surface area contributed by atoms with Gasteiger partial charge in [-0.25, -0.2) is 14.1 Å². The quantitative estimate of drug-likeness (QED) is 0.835. The summed E-state index contributed by atoms with van der Waals surface area (Å²) in [4.78, 5) is 4.09. The van der Waals surface area contributed by atoms with E-state index in [1.54, 1.807) is 23.1 Å². The molecule has 1 heterocycles. The molecule has 0 aliphatic rings. The van der Waals surface area contributed by atoms with Gasteiger partial charge in [0.05, 0.1) is 6.54 Å². The lowest BCUT2D eigenvalue weighted by atomic mass is 10.2. The van der Waals surface area contributed by atoms with Gasteiger partial charge in [-0.2, -0.15) is 0 Å². The Kier molecular flexibility index (Phi) is 4.40. The monoisotopic (exact) mass is 279 g/mol. The maximum absolute atomic E-state index is 12.8. The van der Waals surface area contributed by atoms with E-state index in [9.17, 15) is 4.39 Å². The average Bonchev–Trinajstić information content (AvgIpc) is 2.80. The van der Waals surface area contributed by atoms with Crippen molar-refractivity contribution in [2.45, 2.75) is 13.5 Å². The van der Waals surface area contributed by atoms with Gasteiger partial charge < -0.3 is 5.32 Å². The number of halogens is 1. The third-order valence-corrected chi connectivity index (χ3v) is 2.60. The third-order valence-electron chi connectivity index (χ3n) is 2.36. The largest absolute Gasteiger partial charge is 0.363 e. The molecular weight excluding hydrogens is 265 g/mol. The van der Waals surface area contributed by atoms with Gasteiger partial charge in [0.2, 0.25) is 5.95 Å². The van der Waals surface area contributed by atoms with Crippen molar-refractivity contribution in [1.29, 1.82) is 0 Å². The molecule has 0 bridgehead atoms. The van der Waals surface area contributed by atoms with Crippen LogP contribution in [0.4, 0.5) is 10.3 Å². The maximum Gasteiger partial charge on any atom is 0.248 e. The summed E-state index contributed by atoms with van der Waals surface area (Å²) in [6.07, 6.45) is 1.60. The van der Waals surface area contributed by atoms with Crippen LogP contribution in [-0.4, -0.2) is 26.4 Å². The molecule has 2 N–H and O–H groups in total. The van der Waals surface area contributed by atoms with Crippen molar-refractivity contribution in [2.24, 2.45) is 0 Å². The molecule has 0 radical (unpaired) electrons. The Balaban J connectivity index is 1.97. The summed E-state index contributed by atoms with van der Waals surface area (Å²) in [6, 6.07) is 6.28. The highest BCUT2D eigenvalue weighted by atomic mass is 32.1. The van der Waals surface area contributed by atoms with E-state index in [4.69, 9.17) is 12.2 Å². The van der Waals surface area contributed by atoms with E-state index in [0.717, 1.165) is 12.1 Å². The predicted octanol–water partition coefficient (Wildman–Crippen LogP) is 1.77. The van der Waals surface area contributed by atoms with Crippen LogP contribution in [-0.2, 0) is 6.54 Å². The van der Waals surface area contributed by atoms with E-state index in [2.05, 4.69) is 20.7 Å². The van der Waals surface area contributed by atoms with E-state index >= 15 is 0 Å². The van der Waals surface area contributed by atoms with Crippen molar-refractivity contribution in [2.75, 3.05) is 11.9 Å². The highest BCUT2D eigenvalue weighted by Crippen LogP contribution is 2.05. The summed E-state index contributed by atoms with van der Waals surface area (Å²) in [5, 5.41) is 10.5. The lowest BCUT2D eigenvalue weighted by Crippen LogP contribution is -2.28. The maximum atomic E-state index is 12.8. The minimum absolute atomic E-state index is 0.249. The van der Waals surface area contributed by atoms with E-state index in [-0.39, 0.29) is 5.82 Å². The van der Waals surface area contributed by atoms with Gasteiger partial charge in [-0.1, -0.05) is 12.1 Å². The molecule has 1 aromatic carbocycles. The number of rotatable bonds is 4. The average molecular weight is 279 g/mol. The zero-order valence-corrected chi connectivity index (χ0v) is 11.2. The molecule has 100 valence electrons. The fourth-order valence-electron chi connectivity index (χ4n) is 1.51. The molecule has 0 fully saturated rings. The second-order valence-electron chi connectivity index (χ2n) is 3.88. The van der Waals surface area contributed by atoms with Crippen LogP contribution in [0.3, 0.4) is 0 Å². The molecule has 0 unspecified atom stereocenters. The van der Waals surface area contributed by atoms with Crippen molar-refractivity contribution in [3.63, 3.8) is 0 Å². The Hall–Kier alpha value is -2.02. The van der Waals surface area contributed by atoms with Crippen molar-refractivity contribution in [1.82, 2.24) is 20.1 Å². The Morgan fingerprint density at radius 2 is 2.11 bits per heavy atom. The summed E-state index contributed by atoms with van der Waals surface area (Å²) in [7, 11) is 0. The third kappa shape index (κ3) is 3.99. The van der Waals surface area contributed by atoms with Crippen LogP contribution in [0.25, 0.3) is 0 Å². The van der Waals surface area contributed by atoms with Crippen LogP contribution in [0, 0.1) is 5.82 Å². The molecular formula is C12H14FN5S. The van der Waals surface area contributed by atoms with Gasteiger partial charge in [-0.05, 0) is 36.8 Å². The molecule has 2 aromatic rings. The van der Waals surface area contributed by atoms with Crippen molar-refractivity contribution in [3.8, 4) is 0 Å². The Morgan fingerprint density at radius 3 is 2.79 bits per heavy atom. The van der Waals surface area contributed by atoms with Crippen LogP contribution in [0.15, 0.2) is 30.6 Å². The van der Waals surface area contributed by atoms with Gasteiger partial charge in [-0.15, -0.1) is 5.10 Å². The van der Waals surface area contributed by atoms with E-state index < -0.39 is 0 Å². The van der Waals surface area contributed by atoms with Crippen LogP contribution < -0.4 is 10.6 Å². The summed E-state index contributed by atoms with van der Waals surface area (Å²) in [6.45, 7) is 3.22. The zero-order valence-electron chi connectivity index (χ0n) is 10.4. The second kappa shape index (κ2) is 6.24. The van der Waals surface area contributed by atoms with Gasteiger partial charge in [-0.3, -0.25) is 5.32 Å². The molecule has 5 nitrogen and oxygen atoms in total. The Morgan fingerprint density at radius 1 is 1.37 bits per heavy atom. The number of nitrogens with zero attached hydrogens (tertiary/aromatic N) is 3. The molecule has 0 amide bonds. The first-order valence-corrected chi connectivity index (χ1v) is 6.27. The van der Waals surface area contributed by atoms with Crippen molar-refractivity contribution in [3.05, 3.63) is 42.0 Å². The number of hydrogen-bond acceptors (Lipinski definition) is 3. The van der Waals surface area contributed by atoms with Crippen LogP contribution in [0.5, 0.6) is 0 Å². The molecule has 2 rings (SSSR count). The number of thiocarbonyl (C=S) groups is 1. The zero-order chi connectivity index (χ0) is 13.7. The fraction of sp³-hybridized carbons (Fsp3) is 0.250. The molecule has 0 aliphatic heterocycles. The summed E-state index contributed by atoms with van der Waals surface area (Å²) < 4.78 is 14.4. The molecule has 1 aromatic heterocycles. The molecule has 0 aliphatic carbocycles. The predicted molar refractivity (Wildman–Crippen MR) is 75.4 cm³/mol. The van der Waals surface area contributed by atoms with Gasteiger partial charge >= 0.3 is 0 Å². The van der Waals surface area contributed by atoms with Crippen LogP contribution in [0.1, 0.15) is 12.5 Å². The van der Waals surface area contributed by atoms with Crippen LogP contribution >= 0.6 is 12.2 Å². The Labute approximate surface area is 115 Å². The minimum Gasteiger partial charge on any atom is -0.363 e. The lowest BCUT2D eigenvalue weighted by molar-refractivity contribution is 0.624. The van der Waals surface area contributed by atoms with Gasteiger partial charge in [0.25, 0.3) is 0 Å². The van der Waals surface area contributed by atoms with Crippen LogP contribution in [0.2, 0.25) is 0 Å². The highest BCUT2D eigenvalue weighted by molar-refractivity contribution is 7.80. The van der Waals surface area contributed by atoms with Crippen molar-refractivity contribution < 1.29 is 4.39 Å². The normalized spacial score (nSPS) is 10.2.